The van der Waals surface area contributed by atoms with Crippen LogP contribution in [-0.2, 0) is 4.79 Å². The molecule has 1 saturated heterocycles. The van der Waals surface area contributed by atoms with E-state index in [4.69, 9.17) is 0 Å². The van der Waals surface area contributed by atoms with Gasteiger partial charge < -0.3 is 10.6 Å². The number of hydrogen-bond acceptors (Lipinski definition) is 2. The summed E-state index contributed by atoms with van der Waals surface area (Å²) in [5.74, 6) is 0.775. The van der Waals surface area contributed by atoms with Crippen molar-refractivity contribution in [1.29, 1.82) is 0 Å². The fourth-order valence-electron chi connectivity index (χ4n) is 1.49. The summed E-state index contributed by atoms with van der Waals surface area (Å²) in [5, 5.41) is 6.30. The summed E-state index contributed by atoms with van der Waals surface area (Å²) in [5.41, 5.74) is 0. The Bertz CT molecular complexity index is 159. The van der Waals surface area contributed by atoms with Crippen molar-refractivity contribution in [1.82, 2.24) is 10.6 Å². The average Bonchev–Trinajstić information content (AvgIpc) is 2.09. The Balaban J connectivity index is 2.33. The Morgan fingerprint density at radius 1 is 1.67 bits per heavy atom. The summed E-state index contributed by atoms with van der Waals surface area (Å²) in [6.07, 6.45) is 1.75. The van der Waals surface area contributed by atoms with Crippen LogP contribution in [0.2, 0.25) is 0 Å². The van der Waals surface area contributed by atoms with Gasteiger partial charge in [0.25, 0.3) is 0 Å². The molecule has 0 aliphatic carbocycles. The van der Waals surface area contributed by atoms with Gasteiger partial charge in [-0.15, -0.1) is 0 Å². The van der Waals surface area contributed by atoms with E-state index in [2.05, 4.69) is 17.6 Å². The van der Waals surface area contributed by atoms with Gasteiger partial charge in [-0.3, -0.25) is 4.79 Å². The molecule has 0 aromatic rings. The van der Waals surface area contributed by atoms with Crippen molar-refractivity contribution in [3.05, 3.63) is 0 Å². The molecule has 1 rings (SSSR count). The lowest BCUT2D eigenvalue weighted by Crippen LogP contribution is -2.50. The van der Waals surface area contributed by atoms with E-state index in [0.29, 0.717) is 18.4 Å². The number of carbonyl (C=O) groups is 1. The van der Waals surface area contributed by atoms with Crippen LogP contribution in [0, 0.1) is 5.92 Å². The van der Waals surface area contributed by atoms with Crippen molar-refractivity contribution in [3.8, 4) is 0 Å². The lowest BCUT2D eigenvalue weighted by Gasteiger charge is -2.30. The monoisotopic (exact) mass is 170 g/mol. The maximum atomic E-state index is 11.1. The second-order valence-electron chi connectivity index (χ2n) is 3.50. The first-order valence-corrected chi connectivity index (χ1v) is 4.74. The largest absolute Gasteiger partial charge is 0.352 e. The van der Waals surface area contributed by atoms with Crippen molar-refractivity contribution in [3.63, 3.8) is 0 Å². The van der Waals surface area contributed by atoms with E-state index >= 15 is 0 Å². The fourth-order valence-corrected chi connectivity index (χ4v) is 1.49. The highest BCUT2D eigenvalue weighted by Gasteiger charge is 2.21. The predicted octanol–water partition coefficient (Wildman–Crippen LogP) is 0.511. The molecule has 1 amide bonds. The van der Waals surface area contributed by atoms with E-state index < -0.39 is 0 Å². The van der Waals surface area contributed by atoms with Gasteiger partial charge in [0.15, 0.2) is 0 Å². The molecule has 2 N–H and O–H groups in total. The second-order valence-corrected chi connectivity index (χ2v) is 3.50. The molecule has 0 saturated carbocycles. The molecule has 0 spiro atoms. The SMILES string of the molecule is CCC(=O)NC1CNCCC1C. The number of rotatable bonds is 2. The predicted molar refractivity (Wildman–Crippen MR) is 48.9 cm³/mol. The molecule has 3 heteroatoms. The topological polar surface area (TPSA) is 41.1 Å². The highest BCUT2D eigenvalue weighted by molar-refractivity contribution is 5.75. The standard InChI is InChI=1S/C9H18N2O/c1-3-9(12)11-8-6-10-5-4-7(8)2/h7-8,10H,3-6H2,1-2H3,(H,11,12). The van der Waals surface area contributed by atoms with E-state index in [9.17, 15) is 4.79 Å². The van der Waals surface area contributed by atoms with Crippen LogP contribution in [0.4, 0.5) is 0 Å². The molecular formula is C9H18N2O. The van der Waals surface area contributed by atoms with Gasteiger partial charge in [-0.05, 0) is 18.9 Å². The van der Waals surface area contributed by atoms with Gasteiger partial charge in [0, 0.05) is 19.0 Å². The maximum absolute atomic E-state index is 11.1. The van der Waals surface area contributed by atoms with Crippen LogP contribution >= 0.6 is 0 Å². The summed E-state index contributed by atoms with van der Waals surface area (Å²) in [4.78, 5) is 11.1. The Hall–Kier alpha value is -0.570. The third-order valence-electron chi connectivity index (χ3n) is 2.50. The zero-order chi connectivity index (χ0) is 8.97. The van der Waals surface area contributed by atoms with Gasteiger partial charge in [-0.2, -0.15) is 0 Å². The molecule has 0 radical (unpaired) electrons. The van der Waals surface area contributed by atoms with Gasteiger partial charge in [0.1, 0.15) is 0 Å². The van der Waals surface area contributed by atoms with Crippen LogP contribution in [0.25, 0.3) is 0 Å². The van der Waals surface area contributed by atoms with Crippen molar-refractivity contribution in [2.75, 3.05) is 13.1 Å². The number of amides is 1. The molecule has 1 heterocycles. The summed E-state index contributed by atoms with van der Waals surface area (Å²) >= 11 is 0. The quantitative estimate of drug-likeness (QED) is 0.634. The molecule has 1 aliphatic rings. The molecule has 2 atom stereocenters. The van der Waals surface area contributed by atoms with Gasteiger partial charge in [-0.1, -0.05) is 13.8 Å². The molecule has 0 bridgehead atoms. The third-order valence-corrected chi connectivity index (χ3v) is 2.50. The Morgan fingerprint density at radius 2 is 2.42 bits per heavy atom. The molecule has 12 heavy (non-hydrogen) atoms. The molecule has 1 fully saturated rings. The van der Waals surface area contributed by atoms with Crippen molar-refractivity contribution < 1.29 is 4.79 Å². The third kappa shape index (κ3) is 2.48. The minimum Gasteiger partial charge on any atom is -0.352 e. The molecule has 2 unspecified atom stereocenters. The summed E-state index contributed by atoms with van der Waals surface area (Å²) in [6, 6.07) is 0.339. The zero-order valence-electron chi connectivity index (χ0n) is 7.89. The summed E-state index contributed by atoms with van der Waals surface area (Å²) in [6.45, 7) is 6.09. The van der Waals surface area contributed by atoms with Crippen LogP contribution in [0.5, 0.6) is 0 Å². The lowest BCUT2D eigenvalue weighted by atomic mass is 9.95. The van der Waals surface area contributed by atoms with E-state index in [0.717, 1.165) is 19.5 Å². The van der Waals surface area contributed by atoms with E-state index in [1.54, 1.807) is 0 Å². The van der Waals surface area contributed by atoms with Crippen molar-refractivity contribution in [2.45, 2.75) is 32.7 Å². The van der Waals surface area contributed by atoms with E-state index in [1.807, 2.05) is 6.92 Å². The number of carbonyl (C=O) groups excluding carboxylic acids is 1. The van der Waals surface area contributed by atoms with Gasteiger partial charge >= 0.3 is 0 Å². The molecule has 0 aromatic heterocycles. The van der Waals surface area contributed by atoms with E-state index in [-0.39, 0.29) is 5.91 Å². The Kier molecular flexibility index (Phi) is 3.53. The summed E-state index contributed by atoms with van der Waals surface area (Å²) in [7, 11) is 0. The summed E-state index contributed by atoms with van der Waals surface area (Å²) < 4.78 is 0. The molecule has 1 aliphatic heterocycles. The Labute approximate surface area is 73.9 Å². The van der Waals surface area contributed by atoms with Crippen LogP contribution in [0.15, 0.2) is 0 Å². The smallest absolute Gasteiger partial charge is 0.219 e. The van der Waals surface area contributed by atoms with Crippen LogP contribution in [0.1, 0.15) is 26.7 Å². The van der Waals surface area contributed by atoms with Crippen LogP contribution in [-0.4, -0.2) is 25.0 Å². The average molecular weight is 170 g/mol. The van der Waals surface area contributed by atoms with Gasteiger partial charge in [0.2, 0.25) is 5.91 Å². The molecule has 70 valence electrons. The van der Waals surface area contributed by atoms with Crippen LogP contribution < -0.4 is 10.6 Å². The normalized spacial score (nSPS) is 29.8. The maximum Gasteiger partial charge on any atom is 0.219 e. The fraction of sp³-hybridized carbons (Fsp3) is 0.889. The van der Waals surface area contributed by atoms with Crippen molar-refractivity contribution in [2.24, 2.45) is 5.92 Å². The highest BCUT2D eigenvalue weighted by Crippen LogP contribution is 2.10. The lowest BCUT2D eigenvalue weighted by molar-refractivity contribution is -0.121. The van der Waals surface area contributed by atoms with Crippen molar-refractivity contribution >= 4 is 5.91 Å². The second kappa shape index (κ2) is 4.45. The van der Waals surface area contributed by atoms with Gasteiger partial charge in [0.05, 0.1) is 0 Å². The Morgan fingerprint density at radius 3 is 3.00 bits per heavy atom. The van der Waals surface area contributed by atoms with Gasteiger partial charge in [-0.25, -0.2) is 0 Å². The first kappa shape index (κ1) is 9.52. The number of hydrogen-bond donors (Lipinski definition) is 2. The molecule has 0 aromatic carbocycles. The van der Waals surface area contributed by atoms with Crippen LogP contribution in [0.3, 0.4) is 0 Å². The number of nitrogens with one attached hydrogen (secondary N) is 2. The zero-order valence-corrected chi connectivity index (χ0v) is 7.89. The first-order valence-electron chi connectivity index (χ1n) is 4.74. The molecule has 3 nitrogen and oxygen atoms in total. The minimum absolute atomic E-state index is 0.163. The minimum atomic E-state index is 0.163. The van der Waals surface area contributed by atoms with E-state index in [1.165, 1.54) is 0 Å². The highest BCUT2D eigenvalue weighted by atomic mass is 16.1. The molecular weight excluding hydrogens is 152 g/mol. The number of piperidine rings is 1. The first-order chi connectivity index (χ1) is 5.74.